The van der Waals surface area contributed by atoms with Crippen LogP contribution in [-0.4, -0.2) is 27.4 Å². The topological polar surface area (TPSA) is 73.3 Å². The Balaban J connectivity index is 0.00000156. The lowest BCUT2D eigenvalue weighted by molar-refractivity contribution is 0.0934. The zero-order valence-corrected chi connectivity index (χ0v) is 15.8. The van der Waals surface area contributed by atoms with Crippen molar-refractivity contribution in [1.29, 1.82) is 0 Å². The molecular formula is C18H23Cl2N3O2. The average molecular weight is 384 g/mol. The van der Waals surface area contributed by atoms with Crippen molar-refractivity contribution in [3.8, 4) is 5.75 Å². The fraction of sp³-hybridized carbons (Fsp3) is 0.278. The van der Waals surface area contributed by atoms with Gasteiger partial charge in [0.15, 0.2) is 0 Å². The number of halogens is 2. The molecule has 3 rings (SSSR count). The number of aromatic nitrogens is 2. The quantitative estimate of drug-likeness (QED) is 0.661. The molecule has 3 N–H and O–H groups in total. The number of benzene rings is 2. The fourth-order valence-corrected chi connectivity index (χ4v) is 2.49. The summed E-state index contributed by atoms with van der Waals surface area (Å²) in [6, 6.07) is 11.3. The van der Waals surface area contributed by atoms with Crippen LogP contribution >= 0.6 is 24.8 Å². The highest BCUT2D eigenvalue weighted by Gasteiger charge is 2.10. The van der Waals surface area contributed by atoms with Crippen LogP contribution in [0.4, 0.5) is 5.69 Å². The largest absolute Gasteiger partial charge is 0.491 e. The number of hydrogen-bond donors (Lipinski definition) is 2. The van der Waals surface area contributed by atoms with E-state index < -0.39 is 6.10 Å². The maximum absolute atomic E-state index is 10.2. The van der Waals surface area contributed by atoms with E-state index in [2.05, 4.69) is 31.0 Å². The monoisotopic (exact) mass is 383 g/mol. The van der Waals surface area contributed by atoms with Gasteiger partial charge in [-0.3, -0.25) is 0 Å². The highest BCUT2D eigenvalue weighted by atomic mass is 35.5. The van der Waals surface area contributed by atoms with Crippen LogP contribution in [0.15, 0.2) is 42.7 Å². The zero-order valence-electron chi connectivity index (χ0n) is 14.2. The fourth-order valence-electron chi connectivity index (χ4n) is 2.49. The summed E-state index contributed by atoms with van der Waals surface area (Å²) >= 11 is 0. The maximum Gasteiger partial charge on any atom is 0.119 e. The predicted molar refractivity (Wildman–Crippen MR) is 106 cm³/mol. The molecule has 0 radical (unpaired) electrons. The Labute approximate surface area is 159 Å². The summed E-state index contributed by atoms with van der Waals surface area (Å²) in [6.45, 7) is 4.80. The second-order valence-electron chi connectivity index (χ2n) is 5.86. The molecule has 5 nitrogen and oxygen atoms in total. The van der Waals surface area contributed by atoms with E-state index in [0.717, 1.165) is 11.0 Å². The Morgan fingerprint density at radius 3 is 2.44 bits per heavy atom. The van der Waals surface area contributed by atoms with E-state index in [1.165, 1.54) is 11.1 Å². The van der Waals surface area contributed by atoms with Crippen molar-refractivity contribution in [3.63, 3.8) is 0 Å². The highest BCUT2D eigenvalue weighted by Crippen LogP contribution is 2.19. The zero-order chi connectivity index (χ0) is 16.4. The molecule has 0 spiro atoms. The molecule has 0 amide bonds. The van der Waals surface area contributed by atoms with Crippen LogP contribution in [0.1, 0.15) is 11.1 Å². The Morgan fingerprint density at radius 1 is 1.12 bits per heavy atom. The van der Waals surface area contributed by atoms with Gasteiger partial charge in [-0.25, -0.2) is 4.98 Å². The number of nitrogens with two attached hydrogens (primary N) is 1. The molecule has 0 bridgehead atoms. The summed E-state index contributed by atoms with van der Waals surface area (Å²) < 4.78 is 7.54. The first-order chi connectivity index (χ1) is 11.0. The van der Waals surface area contributed by atoms with Crippen molar-refractivity contribution in [2.24, 2.45) is 0 Å². The van der Waals surface area contributed by atoms with Crippen LogP contribution < -0.4 is 10.5 Å². The lowest BCUT2D eigenvalue weighted by Crippen LogP contribution is -2.23. The number of nitrogen functional groups attached to an aromatic ring is 1. The van der Waals surface area contributed by atoms with Gasteiger partial charge in [-0.2, -0.15) is 0 Å². The first-order valence-corrected chi connectivity index (χ1v) is 7.61. The number of rotatable bonds is 5. The van der Waals surface area contributed by atoms with E-state index in [4.69, 9.17) is 10.5 Å². The molecule has 0 fully saturated rings. The minimum atomic E-state index is -0.619. The predicted octanol–water partition coefficient (Wildman–Crippen LogP) is 3.52. The molecule has 0 saturated carbocycles. The summed E-state index contributed by atoms with van der Waals surface area (Å²) in [5.74, 6) is 0.695. The Kier molecular flexibility index (Phi) is 7.55. The lowest BCUT2D eigenvalue weighted by Gasteiger charge is -2.14. The van der Waals surface area contributed by atoms with Gasteiger partial charge >= 0.3 is 0 Å². The number of fused-ring (bicyclic) bond motifs is 1. The summed E-state index contributed by atoms with van der Waals surface area (Å²) in [5.41, 5.74) is 10.7. The van der Waals surface area contributed by atoms with Crippen LogP contribution in [0.5, 0.6) is 5.75 Å². The molecule has 0 aliphatic heterocycles. The second kappa shape index (κ2) is 8.94. The summed E-state index contributed by atoms with van der Waals surface area (Å²) in [5, 5.41) is 10.2. The normalized spacial score (nSPS) is 11.5. The molecule has 1 aromatic heterocycles. The van der Waals surface area contributed by atoms with Crippen molar-refractivity contribution in [2.75, 3.05) is 12.3 Å². The smallest absolute Gasteiger partial charge is 0.119 e. The number of aryl methyl sites for hydroxylation is 2. The molecular weight excluding hydrogens is 361 g/mol. The summed E-state index contributed by atoms with van der Waals surface area (Å²) in [4.78, 5) is 4.40. The number of anilines is 1. The minimum Gasteiger partial charge on any atom is -0.491 e. The van der Waals surface area contributed by atoms with Gasteiger partial charge in [-0.1, -0.05) is 0 Å². The third-order valence-corrected chi connectivity index (χ3v) is 3.97. The SMILES string of the molecule is Cc1cc2ncn(CC(O)COc3ccc(N)cc3)c2cc1C.Cl.Cl. The van der Waals surface area contributed by atoms with Crippen molar-refractivity contribution < 1.29 is 9.84 Å². The molecule has 7 heteroatoms. The molecule has 2 aromatic carbocycles. The van der Waals surface area contributed by atoms with Crippen molar-refractivity contribution in [2.45, 2.75) is 26.5 Å². The Morgan fingerprint density at radius 2 is 1.76 bits per heavy atom. The minimum absolute atomic E-state index is 0. The van der Waals surface area contributed by atoms with Gasteiger partial charge in [0, 0.05) is 5.69 Å². The third-order valence-electron chi connectivity index (χ3n) is 3.97. The first-order valence-electron chi connectivity index (χ1n) is 7.61. The Hall–Kier alpha value is -1.95. The van der Waals surface area contributed by atoms with Crippen molar-refractivity contribution >= 4 is 41.5 Å². The molecule has 25 heavy (non-hydrogen) atoms. The van der Waals surface area contributed by atoms with E-state index in [1.54, 1.807) is 30.6 Å². The van der Waals surface area contributed by atoms with E-state index in [0.29, 0.717) is 18.0 Å². The molecule has 1 unspecified atom stereocenters. The van der Waals surface area contributed by atoms with Crippen LogP contribution in [0.2, 0.25) is 0 Å². The number of imidazole rings is 1. The van der Waals surface area contributed by atoms with E-state index in [-0.39, 0.29) is 31.4 Å². The third kappa shape index (κ3) is 5.01. The first kappa shape index (κ1) is 21.1. The molecule has 3 aromatic rings. The van der Waals surface area contributed by atoms with E-state index in [9.17, 15) is 5.11 Å². The molecule has 0 aliphatic rings. The van der Waals surface area contributed by atoms with Crippen LogP contribution in [0, 0.1) is 13.8 Å². The van der Waals surface area contributed by atoms with Crippen molar-refractivity contribution in [3.05, 3.63) is 53.9 Å². The molecule has 136 valence electrons. The van der Waals surface area contributed by atoms with Crippen LogP contribution in [-0.2, 0) is 6.54 Å². The van der Waals surface area contributed by atoms with Gasteiger partial charge in [0.05, 0.1) is 23.9 Å². The summed E-state index contributed by atoms with van der Waals surface area (Å²) in [6.07, 6.45) is 1.14. The molecule has 0 saturated heterocycles. The Bertz CT molecular complexity index is 819. The van der Waals surface area contributed by atoms with Gasteiger partial charge in [0.25, 0.3) is 0 Å². The van der Waals surface area contributed by atoms with Gasteiger partial charge in [-0.05, 0) is 61.4 Å². The molecule has 0 aliphatic carbocycles. The maximum atomic E-state index is 10.2. The number of aliphatic hydroxyl groups excluding tert-OH is 1. The van der Waals surface area contributed by atoms with Gasteiger partial charge in [0.1, 0.15) is 18.5 Å². The summed E-state index contributed by atoms with van der Waals surface area (Å²) in [7, 11) is 0. The highest BCUT2D eigenvalue weighted by molar-refractivity contribution is 5.85. The average Bonchev–Trinajstić information content (AvgIpc) is 2.89. The van der Waals surface area contributed by atoms with Gasteiger partial charge in [0.2, 0.25) is 0 Å². The molecule has 1 atom stereocenters. The number of nitrogens with zero attached hydrogens (tertiary/aromatic N) is 2. The van der Waals surface area contributed by atoms with E-state index >= 15 is 0 Å². The van der Waals surface area contributed by atoms with Gasteiger partial charge < -0.3 is 20.1 Å². The molecule has 1 heterocycles. The van der Waals surface area contributed by atoms with Crippen molar-refractivity contribution in [1.82, 2.24) is 9.55 Å². The lowest BCUT2D eigenvalue weighted by atomic mass is 10.1. The van der Waals surface area contributed by atoms with Crippen LogP contribution in [0.25, 0.3) is 11.0 Å². The number of aliphatic hydroxyl groups is 1. The standard InChI is InChI=1S/C18H21N3O2.2ClH/c1-12-7-17-18(8-13(12)2)21(11-20-17)9-15(22)10-23-16-5-3-14(19)4-6-16;;/h3-8,11,15,22H,9-10,19H2,1-2H3;2*1H. The van der Waals surface area contributed by atoms with E-state index in [1.807, 2.05) is 4.57 Å². The number of ether oxygens (including phenoxy) is 1. The second-order valence-corrected chi connectivity index (χ2v) is 5.86. The van der Waals surface area contributed by atoms with Crippen LogP contribution in [0.3, 0.4) is 0 Å². The van der Waals surface area contributed by atoms with Gasteiger partial charge in [-0.15, -0.1) is 24.8 Å². The number of hydrogen-bond acceptors (Lipinski definition) is 4.